The molecule has 0 atom stereocenters. The molecule has 62 heavy (non-hydrogen) atoms. The van der Waals surface area contributed by atoms with Crippen molar-refractivity contribution in [2.75, 3.05) is 0 Å². The molecule has 290 valence electrons. The summed E-state index contributed by atoms with van der Waals surface area (Å²) in [4.78, 5) is 20.9. The number of pyridine rings is 4. The highest BCUT2D eigenvalue weighted by Gasteiger charge is 2.24. The molecule has 0 amide bonds. The van der Waals surface area contributed by atoms with Gasteiger partial charge in [0, 0.05) is 60.3 Å². The molecule has 12 aromatic rings. The summed E-state index contributed by atoms with van der Waals surface area (Å²) in [6.07, 6.45) is 3.62. The van der Waals surface area contributed by atoms with E-state index in [0.717, 1.165) is 78.3 Å². The summed E-state index contributed by atoms with van der Waals surface area (Å²) in [7, 11) is 0. The number of nitrogens with zero attached hydrogens (tertiary/aromatic N) is 5. The number of fused-ring (bicyclic) bond motifs is 6. The summed E-state index contributed by atoms with van der Waals surface area (Å²) >= 11 is 1.85. The van der Waals surface area contributed by atoms with E-state index in [1.54, 1.807) is 0 Å². The van der Waals surface area contributed by atoms with Crippen molar-refractivity contribution in [2.24, 2.45) is 0 Å². The molecule has 0 saturated carbocycles. The first-order chi connectivity index (χ1) is 30.7. The van der Waals surface area contributed by atoms with E-state index >= 15 is 0 Å². The van der Waals surface area contributed by atoms with E-state index in [2.05, 4.69) is 178 Å². The molecule has 6 heterocycles. The van der Waals surface area contributed by atoms with Crippen LogP contribution in [0.15, 0.2) is 213 Å². The van der Waals surface area contributed by atoms with E-state index in [0.29, 0.717) is 0 Å². The summed E-state index contributed by atoms with van der Waals surface area (Å²) in [5.74, 6) is 0. The third kappa shape index (κ3) is 6.08. The number of aromatic nitrogens is 5. The highest BCUT2D eigenvalue weighted by Crippen LogP contribution is 2.50. The lowest BCUT2D eigenvalue weighted by Gasteiger charge is -2.14. The van der Waals surface area contributed by atoms with E-state index in [9.17, 15) is 0 Å². The average molecular weight is 810 g/mol. The molecule has 0 unspecified atom stereocenters. The van der Waals surface area contributed by atoms with Crippen LogP contribution in [0.2, 0.25) is 0 Å². The van der Waals surface area contributed by atoms with Gasteiger partial charge in [0.15, 0.2) is 0 Å². The Kier molecular flexibility index (Phi) is 8.61. The summed E-state index contributed by atoms with van der Waals surface area (Å²) in [5.41, 5.74) is 15.4. The van der Waals surface area contributed by atoms with Gasteiger partial charge in [0.25, 0.3) is 0 Å². The van der Waals surface area contributed by atoms with E-state index in [1.807, 2.05) is 60.1 Å². The second kappa shape index (κ2) is 14.9. The van der Waals surface area contributed by atoms with Crippen molar-refractivity contribution in [1.82, 2.24) is 24.5 Å². The van der Waals surface area contributed by atoms with Gasteiger partial charge in [0.05, 0.1) is 45.0 Å². The van der Waals surface area contributed by atoms with Gasteiger partial charge in [-0.25, -0.2) is 9.97 Å². The first-order valence-electron chi connectivity index (χ1n) is 20.7. The van der Waals surface area contributed by atoms with Gasteiger partial charge in [-0.05, 0) is 89.0 Å². The van der Waals surface area contributed by atoms with Crippen LogP contribution in [0.25, 0.3) is 115 Å². The first-order valence-corrected chi connectivity index (χ1v) is 21.5. The highest BCUT2D eigenvalue weighted by molar-refractivity contribution is 7.24. The number of rotatable bonds is 7. The fourth-order valence-electron chi connectivity index (χ4n) is 8.87. The van der Waals surface area contributed by atoms with E-state index in [4.69, 9.17) is 9.97 Å². The smallest absolute Gasteiger partial charge is 0.0900 e. The quantitative estimate of drug-likeness (QED) is 0.161. The molecule has 0 spiro atoms. The molecule has 12 rings (SSSR count). The highest BCUT2D eigenvalue weighted by atomic mass is 32.1. The normalized spacial score (nSPS) is 11.5. The van der Waals surface area contributed by atoms with Gasteiger partial charge in [0.1, 0.15) is 0 Å². The molecule has 0 fully saturated rings. The molecule has 0 aliphatic heterocycles. The molecule has 0 N–H and O–H groups in total. The number of benzene rings is 6. The molecule has 0 aliphatic carbocycles. The molecule has 0 saturated heterocycles. The van der Waals surface area contributed by atoms with Gasteiger partial charge >= 0.3 is 0 Å². The molecule has 0 aliphatic rings. The largest absolute Gasteiger partial charge is 0.309 e. The van der Waals surface area contributed by atoms with Crippen molar-refractivity contribution < 1.29 is 0 Å². The number of hydrogen-bond acceptors (Lipinski definition) is 5. The Bertz CT molecular complexity index is 3500. The van der Waals surface area contributed by atoms with Crippen LogP contribution in [-0.2, 0) is 0 Å². The van der Waals surface area contributed by atoms with Gasteiger partial charge in [-0.1, -0.05) is 133 Å². The van der Waals surface area contributed by atoms with Crippen LogP contribution in [0.5, 0.6) is 0 Å². The Hall–Kier alpha value is -8.06. The molecule has 6 aromatic heterocycles. The van der Waals surface area contributed by atoms with Crippen LogP contribution in [-0.4, -0.2) is 24.5 Å². The molecular formula is C56H35N5S. The second-order valence-corrected chi connectivity index (χ2v) is 16.4. The number of thiophene rings is 1. The minimum Gasteiger partial charge on any atom is -0.309 e. The third-order valence-electron chi connectivity index (χ3n) is 11.7. The molecular weight excluding hydrogens is 775 g/mol. The molecule has 6 heteroatoms. The first kappa shape index (κ1) is 35.8. The van der Waals surface area contributed by atoms with Crippen molar-refractivity contribution in [3.63, 3.8) is 0 Å². The fourth-order valence-corrected chi connectivity index (χ4v) is 10.2. The maximum absolute atomic E-state index is 5.43. The monoisotopic (exact) mass is 809 g/mol. The van der Waals surface area contributed by atoms with Crippen LogP contribution in [0, 0.1) is 0 Å². The lowest BCUT2D eigenvalue weighted by atomic mass is 9.94. The predicted octanol–water partition coefficient (Wildman–Crippen LogP) is 14.7. The van der Waals surface area contributed by atoms with E-state index in [1.165, 1.54) is 36.9 Å². The Morgan fingerprint density at radius 1 is 0.387 bits per heavy atom. The summed E-state index contributed by atoms with van der Waals surface area (Å²) in [5, 5.41) is 4.79. The minimum absolute atomic E-state index is 0.801. The van der Waals surface area contributed by atoms with Crippen LogP contribution >= 0.6 is 11.3 Å². The Morgan fingerprint density at radius 2 is 0.968 bits per heavy atom. The minimum atomic E-state index is 0.801. The Labute approximate surface area is 361 Å². The van der Waals surface area contributed by atoms with Gasteiger partial charge < -0.3 is 4.57 Å². The fraction of sp³-hybridized carbons (Fsp3) is 0. The average Bonchev–Trinajstić information content (AvgIpc) is 3.92. The summed E-state index contributed by atoms with van der Waals surface area (Å²) in [6.45, 7) is 0. The summed E-state index contributed by atoms with van der Waals surface area (Å²) in [6, 6.07) is 70.7. The van der Waals surface area contributed by atoms with Crippen molar-refractivity contribution in [2.45, 2.75) is 0 Å². The molecule has 5 nitrogen and oxygen atoms in total. The molecule has 6 aromatic carbocycles. The van der Waals surface area contributed by atoms with Gasteiger partial charge in [0.2, 0.25) is 0 Å². The maximum Gasteiger partial charge on any atom is 0.0900 e. The molecule has 0 bridgehead atoms. The SMILES string of the molecule is c1ccc(-c2nc3ccccc3c3sc(-c4ccc(-c5cc(-c6ccccn6)nc(-c6ccccn6)c5)cc4)c(-c4cccc(-n5c6ccccc6c6ccccc65)c4)c23)cc1. The zero-order chi connectivity index (χ0) is 41.0. The molecule has 0 radical (unpaired) electrons. The van der Waals surface area contributed by atoms with Gasteiger partial charge in [-0.2, -0.15) is 0 Å². The lowest BCUT2D eigenvalue weighted by Crippen LogP contribution is -1.95. The predicted molar refractivity (Wildman–Crippen MR) is 257 cm³/mol. The number of hydrogen-bond donors (Lipinski definition) is 0. The second-order valence-electron chi connectivity index (χ2n) is 15.4. The Morgan fingerprint density at radius 3 is 1.63 bits per heavy atom. The van der Waals surface area contributed by atoms with E-state index < -0.39 is 0 Å². The standard InChI is InChI=1S/C56H35N5S/c1-2-15-37(16-3-1)54-53-52(39-17-14-18-41(33-39)61-50-25-8-5-19-42(50)43-20-6-9-26-51(43)61)55(62-56(53)44-21-4-7-22-45(44)60-54)38-29-27-36(28-30-38)40-34-48(46-23-10-12-31-57-46)59-49(35-40)47-24-11-13-32-58-47/h1-35H. The number of para-hydroxylation sites is 3. The van der Waals surface area contributed by atoms with Gasteiger partial charge in [-0.15, -0.1) is 11.3 Å². The van der Waals surface area contributed by atoms with Crippen molar-refractivity contribution in [1.29, 1.82) is 0 Å². The van der Waals surface area contributed by atoms with Crippen LogP contribution in [0.4, 0.5) is 0 Å². The van der Waals surface area contributed by atoms with Crippen molar-refractivity contribution >= 4 is 54.1 Å². The Balaban J connectivity index is 1.08. The zero-order valence-electron chi connectivity index (χ0n) is 33.4. The van der Waals surface area contributed by atoms with Crippen LogP contribution < -0.4 is 0 Å². The van der Waals surface area contributed by atoms with E-state index in [-0.39, 0.29) is 0 Å². The van der Waals surface area contributed by atoms with Crippen molar-refractivity contribution in [3.8, 4) is 72.4 Å². The third-order valence-corrected chi connectivity index (χ3v) is 13.0. The zero-order valence-corrected chi connectivity index (χ0v) is 34.2. The van der Waals surface area contributed by atoms with Crippen LogP contribution in [0.3, 0.4) is 0 Å². The topological polar surface area (TPSA) is 56.5 Å². The van der Waals surface area contributed by atoms with Crippen molar-refractivity contribution in [3.05, 3.63) is 213 Å². The van der Waals surface area contributed by atoms with Crippen LogP contribution in [0.1, 0.15) is 0 Å². The van der Waals surface area contributed by atoms with Gasteiger partial charge in [-0.3, -0.25) is 9.97 Å². The lowest BCUT2D eigenvalue weighted by molar-refractivity contribution is 1.18. The maximum atomic E-state index is 5.43. The summed E-state index contributed by atoms with van der Waals surface area (Å²) < 4.78 is 3.62.